The van der Waals surface area contributed by atoms with Gasteiger partial charge in [0, 0.05) is 13.1 Å². The van der Waals surface area contributed by atoms with E-state index in [0.29, 0.717) is 0 Å². The van der Waals surface area contributed by atoms with Crippen molar-refractivity contribution in [1.82, 2.24) is 4.90 Å². The number of nitrogens with zero attached hydrogens (tertiary/aromatic N) is 2. The number of hydrogen-bond acceptors (Lipinski definition) is 5. The number of nitro groups is 1. The maximum absolute atomic E-state index is 11.9. The average molecular weight is 253 g/mol. The molecule has 18 heavy (non-hydrogen) atoms. The standard InChI is InChI=1S/C10H11N3O5/c1-12(5-9(11)15)10(16)7-4-6(14)2-3-8(7)13(17)18/h2-4,14H,5H2,1H3,(H2,11,15). The Hall–Kier alpha value is -2.64. The van der Waals surface area contributed by atoms with Crippen LogP contribution < -0.4 is 5.73 Å². The van der Waals surface area contributed by atoms with Crippen molar-refractivity contribution in [3.05, 3.63) is 33.9 Å². The van der Waals surface area contributed by atoms with E-state index in [9.17, 15) is 24.8 Å². The van der Waals surface area contributed by atoms with E-state index in [2.05, 4.69) is 0 Å². The molecule has 2 amide bonds. The van der Waals surface area contributed by atoms with Crippen LogP contribution in [0.4, 0.5) is 5.69 Å². The van der Waals surface area contributed by atoms with Gasteiger partial charge in [-0.3, -0.25) is 19.7 Å². The first-order valence-corrected chi connectivity index (χ1v) is 4.84. The van der Waals surface area contributed by atoms with Gasteiger partial charge in [0.25, 0.3) is 11.6 Å². The van der Waals surface area contributed by atoms with Gasteiger partial charge in [0.05, 0.1) is 11.5 Å². The third-order valence-corrected chi connectivity index (χ3v) is 2.15. The van der Waals surface area contributed by atoms with E-state index in [-0.39, 0.29) is 17.9 Å². The molecule has 0 unspecified atom stereocenters. The number of nitro benzene ring substituents is 1. The molecule has 0 fully saturated rings. The van der Waals surface area contributed by atoms with Crippen LogP contribution in [0.2, 0.25) is 0 Å². The van der Waals surface area contributed by atoms with E-state index in [1.165, 1.54) is 7.05 Å². The Kier molecular flexibility index (Phi) is 3.82. The van der Waals surface area contributed by atoms with E-state index < -0.39 is 22.4 Å². The lowest BCUT2D eigenvalue weighted by Gasteiger charge is -2.15. The Morgan fingerprint density at radius 1 is 1.50 bits per heavy atom. The second-order valence-corrected chi connectivity index (χ2v) is 3.59. The molecule has 0 saturated heterocycles. The molecule has 1 aromatic rings. The lowest BCUT2D eigenvalue weighted by Crippen LogP contribution is -2.35. The summed E-state index contributed by atoms with van der Waals surface area (Å²) in [5.41, 5.74) is 4.17. The molecule has 0 spiro atoms. The maximum Gasteiger partial charge on any atom is 0.282 e. The fraction of sp³-hybridized carbons (Fsp3) is 0.200. The van der Waals surface area contributed by atoms with E-state index >= 15 is 0 Å². The van der Waals surface area contributed by atoms with Crippen LogP contribution in [0.25, 0.3) is 0 Å². The minimum atomic E-state index is -0.767. The predicted octanol–water partition coefficient (Wildman–Crippen LogP) is -0.142. The van der Waals surface area contributed by atoms with Crippen LogP contribution in [0.15, 0.2) is 18.2 Å². The number of aromatic hydroxyl groups is 1. The molecule has 0 aliphatic carbocycles. The summed E-state index contributed by atoms with van der Waals surface area (Å²) in [5, 5.41) is 20.0. The Morgan fingerprint density at radius 3 is 2.61 bits per heavy atom. The fourth-order valence-corrected chi connectivity index (χ4v) is 1.37. The normalized spacial score (nSPS) is 9.83. The summed E-state index contributed by atoms with van der Waals surface area (Å²) in [6, 6.07) is 3.08. The minimum Gasteiger partial charge on any atom is -0.508 e. The zero-order chi connectivity index (χ0) is 13.9. The summed E-state index contributed by atoms with van der Waals surface area (Å²) in [4.78, 5) is 33.5. The molecule has 3 N–H and O–H groups in total. The van der Waals surface area contributed by atoms with Gasteiger partial charge in [-0.2, -0.15) is 0 Å². The number of rotatable bonds is 4. The molecular formula is C10H11N3O5. The first-order chi connectivity index (χ1) is 8.32. The van der Waals surface area contributed by atoms with Crippen molar-refractivity contribution in [2.45, 2.75) is 0 Å². The maximum atomic E-state index is 11.9. The average Bonchev–Trinajstić information content (AvgIpc) is 2.26. The monoisotopic (exact) mass is 253 g/mol. The topological polar surface area (TPSA) is 127 Å². The van der Waals surface area contributed by atoms with Gasteiger partial charge < -0.3 is 15.7 Å². The van der Waals surface area contributed by atoms with E-state index in [1.54, 1.807) is 0 Å². The summed E-state index contributed by atoms with van der Waals surface area (Å²) in [5.74, 6) is -1.79. The second-order valence-electron chi connectivity index (χ2n) is 3.59. The van der Waals surface area contributed by atoms with Gasteiger partial charge in [-0.05, 0) is 12.1 Å². The highest BCUT2D eigenvalue weighted by atomic mass is 16.6. The van der Waals surface area contributed by atoms with Crippen molar-refractivity contribution in [3.63, 3.8) is 0 Å². The SMILES string of the molecule is CN(CC(N)=O)C(=O)c1cc(O)ccc1[N+](=O)[O-]. The van der Waals surface area contributed by atoms with Crippen LogP contribution in [0, 0.1) is 10.1 Å². The first kappa shape index (κ1) is 13.4. The van der Waals surface area contributed by atoms with Crippen molar-refractivity contribution >= 4 is 17.5 Å². The van der Waals surface area contributed by atoms with E-state index in [1.807, 2.05) is 0 Å². The molecule has 0 aliphatic rings. The van der Waals surface area contributed by atoms with Gasteiger partial charge in [0.15, 0.2) is 0 Å². The third kappa shape index (κ3) is 2.94. The highest BCUT2D eigenvalue weighted by molar-refractivity contribution is 5.99. The third-order valence-electron chi connectivity index (χ3n) is 2.15. The number of carbonyl (C=O) groups excluding carboxylic acids is 2. The fourth-order valence-electron chi connectivity index (χ4n) is 1.37. The molecule has 0 bridgehead atoms. The van der Waals surface area contributed by atoms with Crippen molar-refractivity contribution in [1.29, 1.82) is 0 Å². The predicted molar refractivity (Wildman–Crippen MR) is 60.9 cm³/mol. The molecule has 1 aromatic carbocycles. The number of benzene rings is 1. The molecule has 8 heteroatoms. The van der Waals surface area contributed by atoms with Crippen molar-refractivity contribution in [2.24, 2.45) is 5.73 Å². The Labute approximate surface area is 102 Å². The first-order valence-electron chi connectivity index (χ1n) is 4.84. The van der Waals surface area contributed by atoms with Crippen LogP contribution in [-0.2, 0) is 4.79 Å². The second kappa shape index (κ2) is 5.13. The minimum absolute atomic E-state index is 0.281. The van der Waals surface area contributed by atoms with E-state index in [4.69, 9.17) is 5.73 Å². The molecule has 8 nitrogen and oxygen atoms in total. The van der Waals surface area contributed by atoms with Gasteiger partial charge in [-0.25, -0.2) is 0 Å². The molecule has 0 atom stereocenters. The molecule has 0 aromatic heterocycles. The lowest BCUT2D eigenvalue weighted by atomic mass is 10.1. The molecule has 0 radical (unpaired) electrons. The Bertz CT molecular complexity index is 514. The number of nitrogens with two attached hydrogens (primary N) is 1. The van der Waals surface area contributed by atoms with Crippen LogP contribution in [0.1, 0.15) is 10.4 Å². The molecule has 0 aliphatic heterocycles. The van der Waals surface area contributed by atoms with Gasteiger partial charge in [0.2, 0.25) is 5.91 Å². The number of carbonyl (C=O) groups is 2. The van der Waals surface area contributed by atoms with Crippen LogP contribution >= 0.6 is 0 Å². The molecule has 0 saturated carbocycles. The Balaban J connectivity index is 3.15. The van der Waals surface area contributed by atoms with Gasteiger partial charge in [-0.1, -0.05) is 0 Å². The quantitative estimate of drug-likeness (QED) is 0.570. The summed E-state index contributed by atoms with van der Waals surface area (Å²) < 4.78 is 0. The summed E-state index contributed by atoms with van der Waals surface area (Å²) in [7, 11) is 1.28. The molecule has 1 rings (SSSR count). The van der Waals surface area contributed by atoms with Crippen molar-refractivity contribution < 1.29 is 19.6 Å². The van der Waals surface area contributed by atoms with E-state index in [0.717, 1.165) is 23.1 Å². The van der Waals surface area contributed by atoms with Crippen LogP contribution in [-0.4, -0.2) is 40.3 Å². The van der Waals surface area contributed by atoms with Gasteiger partial charge in [0.1, 0.15) is 11.3 Å². The van der Waals surface area contributed by atoms with Crippen molar-refractivity contribution in [3.8, 4) is 5.75 Å². The largest absolute Gasteiger partial charge is 0.508 e. The number of likely N-dealkylation sites (N-methyl/N-ethyl adjacent to an activating group) is 1. The number of amides is 2. The summed E-state index contributed by atoms with van der Waals surface area (Å²) >= 11 is 0. The van der Waals surface area contributed by atoms with Crippen LogP contribution in [0.3, 0.4) is 0 Å². The zero-order valence-electron chi connectivity index (χ0n) is 9.49. The molecular weight excluding hydrogens is 242 g/mol. The summed E-state index contributed by atoms with van der Waals surface area (Å²) in [6.07, 6.45) is 0. The van der Waals surface area contributed by atoms with Gasteiger partial charge >= 0.3 is 0 Å². The Morgan fingerprint density at radius 2 is 2.11 bits per heavy atom. The number of hydrogen-bond donors (Lipinski definition) is 2. The number of phenolic OH excluding ortho intramolecular Hbond substituents is 1. The number of primary amides is 1. The zero-order valence-corrected chi connectivity index (χ0v) is 9.49. The lowest BCUT2D eigenvalue weighted by molar-refractivity contribution is -0.385. The van der Waals surface area contributed by atoms with Crippen molar-refractivity contribution in [2.75, 3.05) is 13.6 Å². The highest BCUT2D eigenvalue weighted by Crippen LogP contribution is 2.24. The molecule has 96 valence electrons. The number of phenols is 1. The van der Waals surface area contributed by atoms with Gasteiger partial charge in [-0.15, -0.1) is 0 Å². The van der Waals surface area contributed by atoms with Crippen LogP contribution in [0.5, 0.6) is 5.75 Å². The highest BCUT2D eigenvalue weighted by Gasteiger charge is 2.24. The molecule has 0 heterocycles. The smallest absolute Gasteiger partial charge is 0.282 e. The summed E-state index contributed by atoms with van der Waals surface area (Å²) in [6.45, 7) is -0.369.